The zero-order valence-electron chi connectivity index (χ0n) is 8.50. The van der Waals surface area contributed by atoms with E-state index >= 15 is 0 Å². The minimum absolute atomic E-state index is 0.0408. The van der Waals surface area contributed by atoms with E-state index in [1.165, 1.54) is 7.11 Å². The van der Waals surface area contributed by atoms with Gasteiger partial charge in [-0.15, -0.1) is 0 Å². The van der Waals surface area contributed by atoms with E-state index in [4.69, 9.17) is 15.0 Å². The third-order valence-electron chi connectivity index (χ3n) is 1.55. The number of nitrogens with zero attached hydrogens (tertiary/aromatic N) is 2. The molecule has 86 valence electrons. The summed E-state index contributed by atoms with van der Waals surface area (Å²) in [5, 5.41) is 3.56. The highest BCUT2D eigenvalue weighted by Crippen LogP contribution is 2.08. The second kappa shape index (κ2) is 4.69. The molecule has 1 unspecified atom stereocenters. The second-order valence-corrected chi connectivity index (χ2v) is 5.32. The van der Waals surface area contributed by atoms with Crippen LogP contribution in [0.15, 0.2) is 4.52 Å². The van der Waals surface area contributed by atoms with Crippen LogP contribution >= 0.6 is 0 Å². The highest BCUT2D eigenvalue weighted by atomic mass is 32.2. The van der Waals surface area contributed by atoms with E-state index in [2.05, 4.69) is 10.1 Å². The molecule has 15 heavy (non-hydrogen) atoms. The van der Waals surface area contributed by atoms with Gasteiger partial charge in [0.05, 0.1) is 12.6 Å². The standard InChI is InChI=1S/C7H13N3O4S/c1-13-3-5(8)7-9-6(14-10-7)4-15(2,11)12/h5H,3-4,8H2,1-2H3. The fourth-order valence-corrected chi connectivity index (χ4v) is 1.52. The Kier molecular flexibility index (Phi) is 3.77. The van der Waals surface area contributed by atoms with Crippen LogP contribution in [-0.2, 0) is 20.3 Å². The lowest BCUT2D eigenvalue weighted by Crippen LogP contribution is -2.17. The fraction of sp³-hybridized carbons (Fsp3) is 0.714. The normalized spacial score (nSPS) is 14.1. The molecule has 0 aromatic carbocycles. The Labute approximate surface area is 87.5 Å². The van der Waals surface area contributed by atoms with Crippen molar-refractivity contribution >= 4 is 9.84 Å². The summed E-state index contributed by atoms with van der Waals surface area (Å²) < 4.78 is 31.4. The van der Waals surface area contributed by atoms with E-state index in [0.717, 1.165) is 6.26 Å². The number of nitrogens with two attached hydrogens (primary N) is 1. The molecule has 1 aromatic heterocycles. The van der Waals surface area contributed by atoms with Crippen LogP contribution < -0.4 is 5.73 Å². The molecule has 0 fully saturated rings. The molecule has 1 aromatic rings. The summed E-state index contributed by atoms with van der Waals surface area (Å²) in [7, 11) is -1.67. The topological polar surface area (TPSA) is 108 Å². The Bertz CT molecular complexity index is 414. The summed E-state index contributed by atoms with van der Waals surface area (Å²) in [6, 6.07) is -0.507. The molecule has 8 heteroatoms. The minimum Gasteiger partial charge on any atom is -0.383 e. The summed E-state index contributed by atoms with van der Waals surface area (Å²) in [6.07, 6.45) is 1.09. The first-order valence-corrected chi connectivity index (χ1v) is 6.23. The van der Waals surface area contributed by atoms with Gasteiger partial charge in [0, 0.05) is 13.4 Å². The molecule has 0 aliphatic heterocycles. The van der Waals surface area contributed by atoms with E-state index in [1.54, 1.807) is 0 Å². The van der Waals surface area contributed by atoms with Crippen LogP contribution in [0.4, 0.5) is 0 Å². The Balaban J connectivity index is 2.72. The van der Waals surface area contributed by atoms with Crippen LogP contribution in [0.5, 0.6) is 0 Å². The van der Waals surface area contributed by atoms with Gasteiger partial charge in [-0.25, -0.2) is 8.42 Å². The summed E-state index contributed by atoms with van der Waals surface area (Å²) in [4.78, 5) is 3.85. The molecule has 0 bridgehead atoms. The lowest BCUT2D eigenvalue weighted by molar-refractivity contribution is 0.177. The molecule has 0 aliphatic carbocycles. The molecule has 1 atom stereocenters. The molecule has 0 amide bonds. The molecular formula is C7H13N3O4S. The van der Waals surface area contributed by atoms with Crippen LogP contribution in [0.1, 0.15) is 17.8 Å². The van der Waals surface area contributed by atoms with Gasteiger partial charge in [-0.2, -0.15) is 4.98 Å². The van der Waals surface area contributed by atoms with Gasteiger partial charge in [0.15, 0.2) is 15.7 Å². The van der Waals surface area contributed by atoms with Gasteiger partial charge in [0.25, 0.3) is 0 Å². The van der Waals surface area contributed by atoms with E-state index < -0.39 is 15.9 Å². The average Bonchev–Trinajstić information content (AvgIpc) is 2.50. The van der Waals surface area contributed by atoms with E-state index in [-0.39, 0.29) is 24.1 Å². The fourth-order valence-electron chi connectivity index (χ4n) is 0.956. The molecule has 0 saturated heterocycles. The van der Waals surface area contributed by atoms with Crippen molar-refractivity contribution in [3.8, 4) is 0 Å². The van der Waals surface area contributed by atoms with Crippen molar-refractivity contribution in [1.82, 2.24) is 10.1 Å². The zero-order valence-corrected chi connectivity index (χ0v) is 9.32. The number of sulfone groups is 1. The van der Waals surface area contributed by atoms with E-state index in [1.807, 2.05) is 0 Å². The number of ether oxygens (including phenoxy) is 1. The SMILES string of the molecule is COCC(N)c1noc(CS(C)(=O)=O)n1. The first-order chi connectivity index (χ1) is 6.92. The molecule has 0 aliphatic rings. The summed E-state index contributed by atoms with van der Waals surface area (Å²) in [5.74, 6) is 0.00855. The monoisotopic (exact) mass is 235 g/mol. The van der Waals surface area contributed by atoms with Crippen LogP contribution in [-0.4, -0.2) is 38.5 Å². The van der Waals surface area contributed by atoms with Gasteiger partial charge >= 0.3 is 0 Å². The van der Waals surface area contributed by atoms with Crippen LogP contribution in [0.2, 0.25) is 0 Å². The van der Waals surface area contributed by atoms with Crippen molar-refractivity contribution in [3.63, 3.8) is 0 Å². The van der Waals surface area contributed by atoms with E-state index in [0.29, 0.717) is 0 Å². The Morgan fingerprint density at radius 3 is 2.80 bits per heavy atom. The van der Waals surface area contributed by atoms with Gasteiger partial charge in [-0.1, -0.05) is 5.16 Å². The highest BCUT2D eigenvalue weighted by Gasteiger charge is 2.16. The summed E-state index contributed by atoms with van der Waals surface area (Å²) in [6.45, 7) is 0.248. The van der Waals surface area contributed by atoms with Gasteiger partial charge in [-0.05, 0) is 0 Å². The van der Waals surface area contributed by atoms with E-state index in [9.17, 15) is 8.42 Å². The van der Waals surface area contributed by atoms with Gasteiger partial charge in [0.1, 0.15) is 5.75 Å². The van der Waals surface area contributed by atoms with Crippen molar-refractivity contribution in [1.29, 1.82) is 0 Å². The Morgan fingerprint density at radius 1 is 1.60 bits per heavy atom. The van der Waals surface area contributed by atoms with Crippen LogP contribution in [0.25, 0.3) is 0 Å². The Morgan fingerprint density at radius 2 is 2.27 bits per heavy atom. The largest absolute Gasteiger partial charge is 0.383 e. The zero-order chi connectivity index (χ0) is 11.5. The predicted octanol–water partition coefficient (Wildman–Crippen LogP) is -0.740. The quantitative estimate of drug-likeness (QED) is 0.715. The second-order valence-electron chi connectivity index (χ2n) is 3.18. The maximum absolute atomic E-state index is 10.9. The minimum atomic E-state index is -3.17. The average molecular weight is 235 g/mol. The highest BCUT2D eigenvalue weighted by molar-refractivity contribution is 7.89. The summed E-state index contributed by atoms with van der Waals surface area (Å²) in [5.41, 5.74) is 5.62. The number of methoxy groups -OCH3 is 1. The predicted molar refractivity (Wildman–Crippen MR) is 51.7 cm³/mol. The number of hydrogen-bond donors (Lipinski definition) is 1. The van der Waals surface area contributed by atoms with Crippen molar-refractivity contribution in [3.05, 3.63) is 11.7 Å². The molecule has 2 N–H and O–H groups in total. The van der Waals surface area contributed by atoms with Gasteiger partial charge in [-0.3, -0.25) is 0 Å². The summed E-state index contributed by atoms with van der Waals surface area (Å²) >= 11 is 0. The first kappa shape index (κ1) is 12.1. The van der Waals surface area contributed by atoms with Crippen molar-refractivity contribution in [2.45, 2.75) is 11.8 Å². The number of rotatable bonds is 5. The molecule has 0 radical (unpaired) electrons. The van der Waals surface area contributed by atoms with Gasteiger partial charge < -0.3 is 15.0 Å². The smallest absolute Gasteiger partial charge is 0.241 e. The maximum Gasteiger partial charge on any atom is 0.241 e. The molecule has 1 rings (SSSR count). The molecular weight excluding hydrogens is 222 g/mol. The third kappa shape index (κ3) is 3.94. The van der Waals surface area contributed by atoms with Crippen molar-refractivity contribution < 1.29 is 17.7 Å². The number of aromatic nitrogens is 2. The Hall–Kier alpha value is -0.990. The molecule has 0 spiro atoms. The van der Waals surface area contributed by atoms with Crippen LogP contribution in [0, 0.1) is 0 Å². The molecule has 7 nitrogen and oxygen atoms in total. The van der Waals surface area contributed by atoms with Gasteiger partial charge in [0.2, 0.25) is 5.89 Å². The third-order valence-corrected chi connectivity index (χ3v) is 2.32. The number of hydrogen-bond acceptors (Lipinski definition) is 7. The lowest BCUT2D eigenvalue weighted by Gasteiger charge is -2.02. The molecule has 0 saturated carbocycles. The molecule has 1 heterocycles. The van der Waals surface area contributed by atoms with Crippen molar-refractivity contribution in [2.24, 2.45) is 5.73 Å². The lowest BCUT2D eigenvalue weighted by atomic mass is 10.3. The first-order valence-electron chi connectivity index (χ1n) is 4.17. The van der Waals surface area contributed by atoms with Crippen LogP contribution in [0.3, 0.4) is 0 Å². The van der Waals surface area contributed by atoms with Crippen molar-refractivity contribution in [2.75, 3.05) is 20.0 Å². The maximum atomic E-state index is 10.9.